The Morgan fingerprint density at radius 1 is 1.11 bits per heavy atom. The number of hydrogen-bond donors (Lipinski definition) is 0. The van der Waals surface area contributed by atoms with Gasteiger partial charge < -0.3 is 4.43 Å². The second-order valence-corrected chi connectivity index (χ2v) is 5.23. The van der Waals surface area contributed by atoms with Gasteiger partial charge >= 0.3 is 0 Å². The minimum Gasteiger partial charge on any atom is -0.422 e. The molecule has 1 rings (SSSR count). The third-order valence-corrected chi connectivity index (χ3v) is 4.73. The van der Waals surface area contributed by atoms with Crippen molar-refractivity contribution in [1.29, 1.82) is 0 Å². The van der Waals surface area contributed by atoms with E-state index >= 15 is 0 Å². The van der Waals surface area contributed by atoms with Gasteiger partial charge in [-0.2, -0.15) is 0 Å². The number of halogens is 3. The number of hydrogen-bond acceptors (Lipinski definition) is 1. The van der Waals surface area contributed by atoms with Gasteiger partial charge in [0.25, 0.3) is 0 Å². The molecule has 0 unspecified atom stereocenters. The summed E-state index contributed by atoms with van der Waals surface area (Å²) in [5.74, 6) is -3.64. The molecule has 0 N–H and O–H groups in total. The van der Waals surface area contributed by atoms with Crippen molar-refractivity contribution in [1.82, 2.24) is 0 Å². The van der Waals surface area contributed by atoms with Crippen LogP contribution >= 0.6 is 0 Å². The molecule has 0 aliphatic carbocycles. The van der Waals surface area contributed by atoms with Gasteiger partial charge in [-0.25, -0.2) is 13.2 Å². The van der Waals surface area contributed by atoms with Crippen LogP contribution in [0.1, 0.15) is 45.1 Å². The van der Waals surface area contributed by atoms with E-state index in [4.69, 9.17) is 4.43 Å². The Morgan fingerprint density at radius 3 is 2.05 bits per heavy atom. The summed E-state index contributed by atoms with van der Waals surface area (Å²) in [4.78, 5) is 0. The van der Waals surface area contributed by atoms with Crippen molar-refractivity contribution in [3.8, 4) is 0 Å². The fourth-order valence-electron chi connectivity index (χ4n) is 2.36. The predicted molar refractivity (Wildman–Crippen MR) is 73.6 cm³/mol. The number of aryl methyl sites for hydroxylation is 1. The van der Waals surface area contributed by atoms with Gasteiger partial charge in [0.15, 0.2) is 17.5 Å². The fourth-order valence-corrected chi connectivity index (χ4v) is 3.14. The molecule has 0 amide bonds. The van der Waals surface area contributed by atoms with E-state index in [2.05, 4.69) is 13.8 Å². The zero-order chi connectivity index (χ0) is 14.5. The number of rotatable bonds is 7. The molecule has 0 saturated carbocycles. The van der Waals surface area contributed by atoms with Crippen molar-refractivity contribution >= 4 is 10.5 Å². The van der Waals surface area contributed by atoms with Crippen LogP contribution in [0.15, 0.2) is 12.1 Å². The fraction of sp³-hybridized carbons (Fsp3) is 0.571. The maximum Gasteiger partial charge on any atom is 0.194 e. The number of benzene rings is 1. The van der Waals surface area contributed by atoms with Gasteiger partial charge in [-0.1, -0.05) is 13.8 Å². The van der Waals surface area contributed by atoms with Crippen molar-refractivity contribution in [2.75, 3.05) is 0 Å². The van der Waals surface area contributed by atoms with E-state index in [1.54, 1.807) is 0 Å². The second kappa shape index (κ2) is 7.10. The molecule has 1 nitrogen and oxygen atoms in total. The molecule has 108 valence electrons. The van der Waals surface area contributed by atoms with E-state index in [9.17, 15) is 13.2 Å². The minimum atomic E-state index is -1.40. The molecule has 0 fully saturated rings. The molecule has 0 saturated heterocycles. The topological polar surface area (TPSA) is 9.23 Å². The lowest BCUT2D eigenvalue weighted by Crippen LogP contribution is -2.30. The molecular formula is C14H21F3OSi. The lowest BCUT2D eigenvalue weighted by atomic mass is 9.90. The van der Waals surface area contributed by atoms with E-state index in [1.807, 2.05) is 0 Å². The van der Waals surface area contributed by atoms with Gasteiger partial charge in [-0.05, 0) is 49.8 Å². The summed E-state index contributed by atoms with van der Waals surface area (Å²) in [6.45, 7) is 4.16. The molecule has 1 aromatic carbocycles. The predicted octanol–water partition coefficient (Wildman–Crippen LogP) is 3.28. The molecule has 0 aromatic heterocycles. The normalized spacial score (nSPS) is 12.1. The minimum absolute atomic E-state index is 0.108. The summed E-state index contributed by atoms with van der Waals surface area (Å²) >= 11 is 0. The average Bonchev–Trinajstić information content (AvgIpc) is 2.41. The Labute approximate surface area is 115 Å². The van der Waals surface area contributed by atoms with Crippen molar-refractivity contribution in [2.45, 2.75) is 51.6 Å². The van der Waals surface area contributed by atoms with E-state index in [0.29, 0.717) is 22.5 Å². The van der Waals surface area contributed by atoms with Crippen molar-refractivity contribution < 1.29 is 17.6 Å². The summed E-state index contributed by atoms with van der Waals surface area (Å²) in [5, 5.41) is 0. The van der Waals surface area contributed by atoms with Crippen molar-refractivity contribution in [3.05, 3.63) is 35.1 Å². The molecule has 0 atom stereocenters. The monoisotopic (exact) mass is 290 g/mol. The van der Waals surface area contributed by atoms with Gasteiger partial charge in [0.1, 0.15) is 10.5 Å². The quantitative estimate of drug-likeness (QED) is 0.553. The first-order valence-corrected chi connectivity index (χ1v) is 7.48. The first-order chi connectivity index (χ1) is 8.98. The zero-order valence-corrected chi connectivity index (χ0v) is 13.7. The van der Waals surface area contributed by atoms with Crippen LogP contribution in [0.4, 0.5) is 13.2 Å². The van der Waals surface area contributed by atoms with Crippen molar-refractivity contribution in [3.63, 3.8) is 0 Å². The molecule has 0 spiro atoms. The highest BCUT2D eigenvalue weighted by atomic mass is 28.2. The molecule has 5 heteroatoms. The average molecular weight is 290 g/mol. The van der Waals surface area contributed by atoms with Crippen LogP contribution in [-0.2, 0) is 10.8 Å². The lowest BCUT2D eigenvalue weighted by Gasteiger charge is -2.31. The van der Waals surface area contributed by atoms with Crippen LogP contribution in [0.3, 0.4) is 0 Å². The third kappa shape index (κ3) is 4.08. The van der Waals surface area contributed by atoms with Crippen LogP contribution in [0.5, 0.6) is 0 Å². The van der Waals surface area contributed by atoms with Crippen LogP contribution in [0, 0.1) is 17.5 Å². The summed E-state index contributed by atoms with van der Waals surface area (Å²) in [7, 11) is 0.679. The maximum atomic E-state index is 13.1. The Hall–Kier alpha value is -0.813. The van der Waals surface area contributed by atoms with E-state index < -0.39 is 17.5 Å². The van der Waals surface area contributed by atoms with E-state index in [-0.39, 0.29) is 5.60 Å². The smallest absolute Gasteiger partial charge is 0.194 e. The van der Waals surface area contributed by atoms with Gasteiger partial charge in [-0.15, -0.1) is 0 Å². The lowest BCUT2D eigenvalue weighted by molar-refractivity contribution is 0.0592. The third-order valence-electron chi connectivity index (χ3n) is 3.86. The highest BCUT2D eigenvalue weighted by Gasteiger charge is 2.24. The molecule has 0 heterocycles. The van der Waals surface area contributed by atoms with Gasteiger partial charge in [0, 0.05) is 0 Å². The molecule has 0 aliphatic rings. The molecular weight excluding hydrogens is 269 g/mol. The molecule has 0 bridgehead atoms. The van der Waals surface area contributed by atoms with Gasteiger partial charge in [0.05, 0.1) is 5.60 Å². The van der Waals surface area contributed by atoms with Crippen LogP contribution in [0.25, 0.3) is 0 Å². The van der Waals surface area contributed by atoms with Crippen LogP contribution in [-0.4, -0.2) is 16.1 Å². The maximum absolute atomic E-state index is 13.1. The molecule has 0 aliphatic heterocycles. The van der Waals surface area contributed by atoms with E-state index in [0.717, 1.165) is 37.8 Å². The SMILES string of the molecule is CCC(CC)(CCCc1cc(F)c(F)c(F)c1)O[SiH3]. The molecule has 1 aromatic rings. The highest BCUT2D eigenvalue weighted by Crippen LogP contribution is 2.26. The largest absolute Gasteiger partial charge is 0.422 e. The van der Waals surface area contributed by atoms with Gasteiger partial charge in [-0.3, -0.25) is 0 Å². The summed E-state index contributed by atoms with van der Waals surface area (Å²) in [5.41, 5.74) is 0.384. The summed E-state index contributed by atoms with van der Waals surface area (Å²) in [6.07, 6.45) is 4.01. The van der Waals surface area contributed by atoms with Crippen LogP contribution in [0.2, 0.25) is 0 Å². The Bertz CT molecular complexity index is 388. The highest BCUT2D eigenvalue weighted by molar-refractivity contribution is 5.98. The summed E-state index contributed by atoms with van der Waals surface area (Å²) in [6, 6.07) is 2.14. The van der Waals surface area contributed by atoms with Crippen LogP contribution < -0.4 is 0 Å². The summed E-state index contributed by atoms with van der Waals surface area (Å²) < 4.78 is 44.6. The van der Waals surface area contributed by atoms with E-state index in [1.165, 1.54) is 0 Å². The Balaban J connectivity index is 2.63. The standard InChI is InChI=1S/C14H21F3OSi/c1-3-14(4-2,18-19)7-5-6-10-8-11(15)13(17)12(16)9-10/h8-9H,3-7H2,1-2,19H3. The Morgan fingerprint density at radius 2 is 1.63 bits per heavy atom. The molecule has 19 heavy (non-hydrogen) atoms. The first kappa shape index (κ1) is 16.2. The molecule has 0 radical (unpaired) electrons. The van der Waals surface area contributed by atoms with Crippen molar-refractivity contribution in [2.24, 2.45) is 0 Å². The first-order valence-electron chi connectivity index (χ1n) is 6.66. The zero-order valence-electron chi connectivity index (χ0n) is 11.7. The second-order valence-electron chi connectivity index (χ2n) is 4.82. The van der Waals surface area contributed by atoms with Gasteiger partial charge in [0.2, 0.25) is 0 Å². The Kier molecular flexibility index (Phi) is 6.07.